The summed E-state index contributed by atoms with van der Waals surface area (Å²) in [6.45, 7) is 0.831. The predicted octanol–water partition coefficient (Wildman–Crippen LogP) is 2.34. The van der Waals surface area contributed by atoms with E-state index in [1.165, 1.54) is 18.6 Å². The first-order chi connectivity index (χ1) is 14.5. The Labute approximate surface area is 173 Å². The fourth-order valence-electron chi connectivity index (χ4n) is 3.61. The zero-order valence-electron chi connectivity index (χ0n) is 16.5. The van der Waals surface area contributed by atoms with Gasteiger partial charge in [-0.2, -0.15) is 0 Å². The quantitative estimate of drug-likeness (QED) is 0.412. The van der Waals surface area contributed by atoms with Gasteiger partial charge in [0.05, 0.1) is 11.6 Å². The van der Waals surface area contributed by atoms with Gasteiger partial charge in [0.2, 0.25) is 5.56 Å². The van der Waals surface area contributed by atoms with Crippen LogP contribution in [0.4, 0.5) is 0 Å². The summed E-state index contributed by atoms with van der Waals surface area (Å²) in [4.78, 5) is 26.3. The van der Waals surface area contributed by atoms with Gasteiger partial charge in [-0.15, -0.1) is 0 Å². The number of aromatic amines is 1. The molecule has 1 fully saturated rings. The Morgan fingerprint density at radius 1 is 1.10 bits per heavy atom. The molecule has 1 heterocycles. The van der Waals surface area contributed by atoms with Gasteiger partial charge in [-0.3, -0.25) is 9.59 Å². The van der Waals surface area contributed by atoms with Crippen LogP contribution in [0.25, 0.3) is 10.9 Å². The van der Waals surface area contributed by atoms with E-state index in [2.05, 4.69) is 15.6 Å². The molecular formula is C23H25N3O4. The smallest absolute Gasteiger partial charge is 0.251 e. The normalized spacial score (nSPS) is 15.0. The standard InChI is InChI=1S/C23H25N3O4/c27-19-10-8-17(18-9-11-21(29)26-22(18)19)20(28)13-24-12-14-4-6-15(7-5-14)23(30)25-16-2-1-3-16/h4-11,16,20,24,27-28H,1-3,12-13H2,(H,25,30)(H,26,29)/t20-/m0/s1. The van der Waals surface area contributed by atoms with Gasteiger partial charge in [0, 0.05) is 36.1 Å². The maximum Gasteiger partial charge on any atom is 0.251 e. The summed E-state index contributed by atoms with van der Waals surface area (Å²) in [5, 5.41) is 27.4. The SMILES string of the molecule is O=C(NC1CCC1)c1ccc(CNC[C@H](O)c2ccc(O)c3[nH]c(=O)ccc23)cc1. The molecule has 4 rings (SSSR count). The van der Waals surface area contributed by atoms with Crippen molar-refractivity contribution in [1.82, 2.24) is 15.6 Å². The van der Waals surface area contributed by atoms with E-state index in [4.69, 9.17) is 0 Å². The third-order valence-corrected chi connectivity index (χ3v) is 5.59. The average Bonchev–Trinajstić information content (AvgIpc) is 2.71. The first-order valence-corrected chi connectivity index (χ1v) is 10.1. The van der Waals surface area contributed by atoms with E-state index in [1.54, 1.807) is 12.1 Å². The predicted molar refractivity (Wildman–Crippen MR) is 114 cm³/mol. The molecule has 1 atom stereocenters. The van der Waals surface area contributed by atoms with E-state index < -0.39 is 6.10 Å². The number of phenolic OH excluding ortho intramolecular Hbond substituents is 1. The zero-order valence-corrected chi connectivity index (χ0v) is 16.5. The number of benzene rings is 2. The lowest BCUT2D eigenvalue weighted by molar-refractivity contribution is 0.0917. The van der Waals surface area contributed by atoms with Gasteiger partial charge in [-0.1, -0.05) is 18.2 Å². The van der Waals surface area contributed by atoms with E-state index in [0.717, 1.165) is 18.4 Å². The van der Waals surface area contributed by atoms with Crippen LogP contribution in [0.15, 0.2) is 53.3 Å². The lowest BCUT2D eigenvalue weighted by atomic mass is 9.93. The Kier molecular flexibility index (Phi) is 5.83. The van der Waals surface area contributed by atoms with Gasteiger partial charge in [-0.05, 0) is 54.7 Å². The molecule has 5 N–H and O–H groups in total. The summed E-state index contributed by atoms with van der Waals surface area (Å²) in [6, 6.07) is 13.8. The van der Waals surface area contributed by atoms with Crippen molar-refractivity contribution >= 4 is 16.8 Å². The summed E-state index contributed by atoms with van der Waals surface area (Å²) in [5.74, 6) is -0.0695. The lowest BCUT2D eigenvalue weighted by Gasteiger charge is -2.26. The second kappa shape index (κ2) is 8.69. The van der Waals surface area contributed by atoms with Crippen molar-refractivity contribution in [3.8, 4) is 5.75 Å². The molecule has 7 heteroatoms. The Bertz CT molecular complexity index is 1100. The Balaban J connectivity index is 1.35. The monoisotopic (exact) mass is 407 g/mol. The lowest BCUT2D eigenvalue weighted by Crippen LogP contribution is -2.39. The Hall–Kier alpha value is -3.16. The molecule has 156 valence electrons. The van der Waals surface area contributed by atoms with Gasteiger partial charge in [-0.25, -0.2) is 0 Å². The fraction of sp³-hybridized carbons (Fsp3) is 0.304. The van der Waals surface area contributed by atoms with Crippen molar-refractivity contribution < 1.29 is 15.0 Å². The van der Waals surface area contributed by atoms with Crippen LogP contribution in [0.5, 0.6) is 5.75 Å². The number of carbonyl (C=O) groups excluding carboxylic acids is 1. The first kappa shape index (κ1) is 20.1. The summed E-state index contributed by atoms with van der Waals surface area (Å²) in [5.41, 5.74) is 2.27. The maximum atomic E-state index is 12.2. The molecule has 1 aliphatic rings. The highest BCUT2D eigenvalue weighted by atomic mass is 16.3. The van der Waals surface area contributed by atoms with E-state index in [-0.39, 0.29) is 17.2 Å². The summed E-state index contributed by atoms with van der Waals surface area (Å²) < 4.78 is 0. The van der Waals surface area contributed by atoms with Gasteiger partial charge >= 0.3 is 0 Å². The number of amides is 1. The Morgan fingerprint density at radius 3 is 2.57 bits per heavy atom. The summed E-state index contributed by atoms with van der Waals surface area (Å²) in [6.07, 6.45) is 2.48. The van der Waals surface area contributed by atoms with Crippen molar-refractivity contribution in [2.24, 2.45) is 0 Å². The van der Waals surface area contributed by atoms with Gasteiger partial charge in [0.15, 0.2) is 0 Å². The van der Waals surface area contributed by atoms with Crippen LogP contribution >= 0.6 is 0 Å². The molecule has 1 aromatic heterocycles. The molecule has 1 aliphatic carbocycles. The molecule has 0 saturated heterocycles. The van der Waals surface area contributed by atoms with Crippen molar-refractivity contribution in [2.75, 3.05) is 6.54 Å². The number of phenols is 1. The molecule has 1 amide bonds. The van der Waals surface area contributed by atoms with Gasteiger partial charge in [0.1, 0.15) is 5.75 Å². The van der Waals surface area contributed by atoms with Crippen LogP contribution in [0.2, 0.25) is 0 Å². The molecule has 1 saturated carbocycles. The highest BCUT2D eigenvalue weighted by Gasteiger charge is 2.20. The average molecular weight is 407 g/mol. The minimum absolute atomic E-state index is 0.0342. The second-order valence-corrected chi connectivity index (χ2v) is 7.73. The van der Waals surface area contributed by atoms with Crippen molar-refractivity contribution in [3.63, 3.8) is 0 Å². The second-order valence-electron chi connectivity index (χ2n) is 7.73. The minimum Gasteiger partial charge on any atom is -0.506 e. The molecule has 0 radical (unpaired) electrons. The van der Waals surface area contributed by atoms with Crippen LogP contribution in [-0.4, -0.2) is 33.7 Å². The number of aliphatic hydroxyl groups is 1. The van der Waals surface area contributed by atoms with E-state index >= 15 is 0 Å². The fourth-order valence-corrected chi connectivity index (χ4v) is 3.61. The summed E-state index contributed by atoms with van der Waals surface area (Å²) in [7, 11) is 0. The molecular weight excluding hydrogens is 382 g/mol. The van der Waals surface area contributed by atoms with Crippen LogP contribution in [-0.2, 0) is 6.54 Å². The topological polar surface area (TPSA) is 114 Å². The zero-order chi connectivity index (χ0) is 21.1. The van der Waals surface area contributed by atoms with E-state index in [0.29, 0.717) is 41.2 Å². The summed E-state index contributed by atoms with van der Waals surface area (Å²) >= 11 is 0. The number of H-pyrrole nitrogens is 1. The number of rotatable bonds is 7. The third-order valence-electron chi connectivity index (χ3n) is 5.59. The number of aromatic hydroxyl groups is 1. The number of aromatic nitrogens is 1. The maximum absolute atomic E-state index is 12.2. The number of hydrogen-bond acceptors (Lipinski definition) is 5. The van der Waals surface area contributed by atoms with Crippen molar-refractivity contribution in [1.29, 1.82) is 0 Å². The highest BCUT2D eigenvalue weighted by molar-refractivity contribution is 5.94. The molecule has 0 aliphatic heterocycles. The van der Waals surface area contributed by atoms with E-state index in [1.807, 2.05) is 24.3 Å². The molecule has 0 spiro atoms. The van der Waals surface area contributed by atoms with Gasteiger partial charge in [0.25, 0.3) is 5.91 Å². The highest BCUT2D eigenvalue weighted by Crippen LogP contribution is 2.28. The molecule has 0 unspecified atom stereocenters. The van der Waals surface area contributed by atoms with Crippen LogP contribution in [0.1, 0.15) is 46.9 Å². The Morgan fingerprint density at radius 2 is 1.87 bits per heavy atom. The number of nitrogens with one attached hydrogen (secondary N) is 3. The third kappa shape index (κ3) is 4.37. The molecule has 0 bridgehead atoms. The van der Waals surface area contributed by atoms with Gasteiger partial charge < -0.3 is 25.8 Å². The van der Waals surface area contributed by atoms with Crippen LogP contribution in [0.3, 0.4) is 0 Å². The number of carbonyl (C=O) groups is 1. The number of pyridine rings is 1. The molecule has 7 nitrogen and oxygen atoms in total. The number of aliphatic hydroxyl groups excluding tert-OH is 1. The molecule has 30 heavy (non-hydrogen) atoms. The van der Waals surface area contributed by atoms with Crippen LogP contribution < -0.4 is 16.2 Å². The van der Waals surface area contributed by atoms with E-state index in [9.17, 15) is 19.8 Å². The van der Waals surface area contributed by atoms with Crippen LogP contribution in [0, 0.1) is 0 Å². The number of hydrogen-bond donors (Lipinski definition) is 5. The number of fused-ring (bicyclic) bond motifs is 1. The van der Waals surface area contributed by atoms with Crippen molar-refractivity contribution in [3.05, 3.63) is 75.6 Å². The molecule has 3 aromatic rings. The molecule has 2 aromatic carbocycles. The minimum atomic E-state index is -0.813. The first-order valence-electron chi connectivity index (χ1n) is 10.1. The van der Waals surface area contributed by atoms with Crippen molar-refractivity contribution in [2.45, 2.75) is 38.0 Å². The largest absolute Gasteiger partial charge is 0.506 e.